The van der Waals surface area contributed by atoms with Crippen LogP contribution >= 0.6 is 0 Å². The third-order valence-corrected chi connectivity index (χ3v) is 3.55. The predicted molar refractivity (Wildman–Crippen MR) is 72.9 cm³/mol. The average Bonchev–Trinajstić information content (AvgIpc) is 2.88. The standard InChI is InChI=1S/C14H23N3O3/c1-3-5-12-15-13(20-16-12)10-17-8-6-11(7-9-17)14(18)19-4-2/h11H,3-10H2,1-2H3. The number of piperidine rings is 1. The average molecular weight is 281 g/mol. The van der Waals surface area contributed by atoms with Crippen molar-refractivity contribution in [1.29, 1.82) is 0 Å². The molecule has 112 valence electrons. The third kappa shape index (κ3) is 4.03. The van der Waals surface area contributed by atoms with Crippen molar-refractivity contribution in [1.82, 2.24) is 15.0 Å². The summed E-state index contributed by atoms with van der Waals surface area (Å²) in [7, 11) is 0. The highest BCUT2D eigenvalue weighted by Gasteiger charge is 2.26. The fourth-order valence-electron chi connectivity index (χ4n) is 2.46. The van der Waals surface area contributed by atoms with Crippen LogP contribution in [0.5, 0.6) is 0 Å². The summed E-state index contributed by atoms with van der Waals surface area (Å²) in [6.07, 6.45) is 3.56. The summed E-state index contributed by atoms with van der Waals surface area (Å²) >= 11 is 0. The Hall–Kier alpha value is -1.43. The van der Waals surface area contributed by atoms with Gasteiger partial charge in [-0.25, -0.2) is 0 Å². The van der Waals surface area contributed by atoms with Gasteiger partial charge in [0.05, 0.1) is 19.1 Å². The fourth-order valence-corrected chi connectivity index (χ4v) is 2.46. The first-order valence-corrected chi connectivity index (χ1v) is 7.43. The predicted octanol–water partition coefficient (Wildman–Crippen LogP) is 1.80. The smallest absolute Gasteiger partial charge is 0.309 e. The molecule has 0 radical (unpaired) electrons. The lowest BCUT2D eigenvalue weighted by molar-refractivity contribution is -0.149. The van der Waals surface area contributed by atoms with Gasteiger partial charge < -0.3 is 9.26 Å². The highest BCUT2D eigenvalue weighted by Crippen LogP contribution is 2.20. The highest BCUT2D eigenvalue weighted by molar-refractivity contribution is 5.72. The molecule has 1 aromatic heterocycles. The molecule has 1 aromatic rings. The Morgan fingerprint density at radius 1 is 1.40 bits per heavy atom. The summed E-state index contributed by atoms with van der Waals surface area (Å²) in [5.74, 6) is 1.44. The van der Waals surface area contributed by atoms with E-state index in [9.17, 15) is 4.79 Å². The Balaban J connectivity index is 1.77. The molecule has 1 fully saturated rings. The molecule has 0 amide bonds. The number of aromatic nitrogens is 2. The molecule has 0 aromatic carbocycles. The number of ether oxygens (including phenoxy) is 1. The molecule has 20 heavy (non-hydrogen) atoms. The Kier molecular flexibility index (Phi) is 5.52. The largest absolute Gasteiger partial charge is 0.466 e. The number of nitrogens with zero attached hydrogens (tertiary/aromatic N) is 3. The van der Waals surface area contributed by atoms with E-state index in [-0.39, 0.29) is 11.9 Å². The van der Waals surface area contributed by atoms with Crippen molar-refractivity contribution in [3.8, 4) is 0 Å². The van der Waals surface area contributed by atoms with Gasteiger partial charge in [0, 0.05) is 6.42 Å². The molecule has 1 aliphatic rings. The summed E-state index contributed by atoms with van der Waals surface area (Å²) < 4.78 is 10.3. The second-order valence-electron chi connectivity index (χ2n) is 5.16. The minimum atomic E-state index is -0.0600. The summed E-state index contributed by atoms with van der Waals surface area (Å²) in [6.45, 7) is 6.81. The molecule has 6 nitrogen and oxygen atoms in total. The maximum Gasteiger partial charge on any atom is 0.309 e. The maximum absolute atomic E-state index is 11.7. The van der Waals surface area contributed by atoms with Crippen LogP contribution < -0.4 is 0 Å². The first kappa shape index (κ1) is 15.0. The van der Waals surface area contributed by atoms with E-state index >= 15 is 0 Å². The van der Waals surface area contributed by atoms with E-state index in [0.717, 1.165) is 44.6 Å². The van der Waals surface area contributed by atoms with E-state index in [0.29, 0.717) is 19.0 Å². The molecular weight excluding hydrogens is 258 g/mol. The van der Waals surface area contributed by atoms with Gasteiger partial charge in [-0.15, -0.1) is 0 Å². The number of carbonyl (C=O) groups is 1. The molecule has 0 aliphatic carbocycles. The van der Waals surface area contributed by atoms with Crippen LogP contribution in [0.1, 0.15) is 44.8 Å². The molecular formula is C14H23N3O3. The van der Waals surface area contributed by atoms with Gasteiger partial charge in [-0.05, 0) is 39.3 Å². The van der Waals surface area contributed by atoms with Crippen LogP contribution in [0.15, 0.2) is 4.52 Å². The minimum absolute atomic E-state index is 0.0459. The number of aryl methyl sites for hydroxylation is 1. The van der Waals surface area contributed by atoms with E-state index in [1.807, 2.05) is 6.92 Å². The normalized spacial score (nSPS) is 17.3. The second-order valence-corrected chi connectivity index (χ2v) is 5.16. The molecule has 0 bridgehead atoms. The van der Waals surface area contributed by atoms with E-state index in [2.05, 4.69) is 22.0 Å². The fraction of sp³-hybridized carbons (Fsp3) is 0.786. The molecule has 2 rings (SSSR count). The number of likely N-dealkylation sites (tertiary alicyclic amines) is 1. The van der Waals surface area contributed by atoms with Gasteiger partial charge in [0.25, 0.3) is 0 Å². The van der Waals surface area contributed by atoms with E-state index < -0.39 is 0 Å². The summed E-state index contributed by atoms with van der Waals surface area (Å²) in [4.78, 5) is 18.3. The zero-order chi connectivity index (χ0) is 14.4. The lowest BCUT2D eigenvalue weighted by Crippen LogP contribution is -2.36. The molecule has 0 spiro atoms. The van der Waals surface area contributed by atoms with Gasteiger partial charge in [-0.3, -0.25) is 9.69 Å². The van der Waals surface area contributed by atoms with Crippen molar-refractivity contribution in [3.05, 3.63) is 11.7 Å². The summed E-state index contributed by atoms with van der Waals surface area (Å²) in [6, 6.07) is 0. The van der Waals surface area contributed by atoms with Gasteiger partial charge >= 0.3 is 5.97 Å². The molecule has 0 atom stereocenters. The monoisotopic (exact) mass is 281 g/mol. The molecule has 1 aliphatic heterocycles. The number of esters is 1. The van der Waals surface area contributed by atoms with E-state index in [1.54, 1.807) is 0 Å². The van der Waals surface area contributed by atoms with Crippen LogP contribution in [0.4, 0.5) is 0 Å². The zero-order valence-corrected chi connectivity index (χ0v) is 12.3. The molecule has 0 N–H and O–H groups in total. The van der Waals surface area contributed by atoms with Crippen molar-refractivity contribution < 1.29 is 14.1 Å². The molecule has 0 unspecified atom stereocenters. The van der Waals surface area contributed by atoms with Gasteiger partial charge in [-0.1, -0.05) is 12.1 Å². The van der Waals surface area contributed by atoms with Crippen molar-refractivity contribution in [2.45, 2.75) is 46.1 Å². The van der Waals surface area contributed by atoms with Gasteiger partial charge in [0.15, 0.2) is 5.82 Å². The maximum atomic E-state index is 11.7. The number of hydrogen-bond donors (Lipinski definition) is 0. The zero-order valence-electron chi connectivity index (χ0n) is 12.3. The van der Waals surface area contributed by atoms with E-state index in [1.165, 1.54) is 0 Å². The number of carbonyl (C=O) groups excluding carboxylic acids is 1. The van der Waals surface area contributed by atoms with Crippen molar-refractivity contribution >= 4 is 5.97 Å². The van der Waals surface area contributed by atoms with Crippen LogP contribution in [0.3, 0.4) is 0 Å². The first-order chi connectivity index (χ1) is 9.72. The van der Waals surface area contributed by atoms with Gasteiger partial charge in [-0.2, -0.15) is 4.98 Å². The lowest BCUT2D eigenvalue weighted by Gasteiger charge is -2.29. The Morgan fingerprint density at radius 3 is 2.80 bits per heavy atom. The van der Waals surface area contributed by atoms with Crippen LogP contribution in [0.2, 0.25) is 0 Å². The number of hydrogen-bond acceptors (Lipinski definition) is 6. The Morgan fingerprint density at radius 2 is 2.15 bits per heavy atom. The Bertz CT molecular complexity index is 425. The van der Waals surface area contributed by atoms with Gasteiger partial charge in [0.1, 0.15) is 0 Å². The number of rotatable bonds is 6. The topological polar surface area (TPSA) is 68.5 Å². The van der Waals surface area contributed by atoms with E-state index in [4.69, 9.17) is 9.26 Å². The first-order valence-electron chi connectivity index (χ1n) is 7.43. The summed E-state index contributed by atoms with van der Waals surface area (Å²) in [5, 5.41) is 3.95. The quantitative estimate of drug-likeness (QED) is 0.741. The molecule has 1 saturated heterocycles. The van der Waals surface area contributed by atoms with Crippen LogP contribution in [-0.4, -0.2) is 40.7 Å². The molecule has 0 saturated carbocycles. The van der Waals surface area contributed by atoms with Crippen molar-refractivity contribution in [2.24, 2.45) is 5.92 Å². The van der Waals surface area contributed by atoms with Crippen molar-refractivity contribution in [2.75, 3.05) is 19.7 Å². The van der Waals surface area contributed by atoms with Gasteiger partial charge in [0.2, 0.25) is 5.89 Å². The second kappa shape index (κ2) is 7.38. The lowest BCUT2D eigenvalue weighted by atomic mass is 9.97. The van der Waals surface area contributed by atoms with Crippen LogP contribution in [-0.2, 0) is 22.5 Å². The third-order valence-electron chi connectivity index (χ3n) is 3.55. The van der Waals surface area contributed by atoms with Crippen LogP contribution in [0, 0.1) is 5.92 Å². The summed E-state index contributed by atoms with van der Waals surface area (Å²) in [5.41, 5.74) is 0. The molecule has 6 heteroatoms. The Labute approximate surface area is 119 Å². The van der Waals surface area contributed by atoms with Crippen LogP contribution in [0.25, 0.3) is 0 Å². The minimum Gasteiger partial charge on any atom is -0.466 e. The SMILES string of the molecule is CCCc1noc(CN2CCC(C(=O)OCC)CC2)n1. The highest BCUT2D eigenvalue weighted by atomic mass is 16.5. The molecule has 2 heterocycles. The van der Waals surface area contributed by atoms with Crippen molar-refractivity contribution in [3.63, 3.8) is 0 Å².